The van der Waals surface area contributed by atoms with E-state index in [0.717, 1.165) is 31.6 Å². The molecule has 4 aliphatic rings. The van der Waals surface area contributed by atoms with Crippen molar-refractivity contribution < 1.29 is 9.59 Å². The van der Waals surface area contributed by atoms with Gasteiger partial charge in [0.2, 0.25) is 0 Å². The van der Waals surface area contributed by atoms with E-state index in [1.807, 2.05) is 0 Å². The highest BCUT2D eigenvalue weighted by atomic mass is 16.1. The minimum absolute atomic E-state index is 0.213. The highest BCUT2D eigenvalue weighted by molar-refractivity contribution is 5.80. The average Bonchev–Trinajstić information content (AvgIpc) is 2.85. The summed E-state index contributed by atoms with van der Waals surface area (Å²) in [6.45, 7) is 6.64. The number of carbonyl (C=O) groups is 2. The van der Waals surface area contributed by atoms with Crippen LogP contribution in [-0.4, -0.2) is 11.6 Å². The van der Waals surface area contributed by atoms with Crippen molar-refractivity contribution in [1.29, 1.82) is 0 Å². The Morgan fingerprint density at radius 1 is 1.04 bits per heavy atom. The molecule has 3 fully saturated rings. The molecule has 0 aromatic heterocycles. The van der Waals surface area contributed by atoms with Crippen molar-refractivity contribution in [3.8, 4) is 0 Å². The number of hydrogen-bond acceptors (Lipinski definition) is 2. The first-order chi connectivity index (χ1) is 10.9. The van der Waals surface area contributed by atoms with Gasteiger partial charge in [0.05, 0.1) is 0 Å². The van der Waals surface area contributed by atoms with Crippen molar-refractivity contribution in [3.05, 3.63) is 12.2 Å². The Kier molecular flexibility index (Phi) is 3.42. The second kappa shape index (κ2) is 5.04. The molecule has 0 radical (unpaired) electrons. The van der Waals surface area contributed by atoms with Gasteiger partial charge in [-0.15, -0.1) is 0 Å². The summed E-state index contributed by atoms with van der Waals surface area (Å²) in [6, 6.07) is 0. The lowest BCUT2D eigenvalue weighted by atomic mass is 9.46. The molecule has 0 spiro atoms. The quantitative estimate of drug-likeness (QED) is 0.664. The third kappa shape index (κ3) is 2.06. The Morgan fingerprint density at radius 2 is 1.78 bits per heavy atom. The van der Waals surface area contributed by atoms with Crippen LogP contribution in [0.15, 0.2) is 12.2 Å². The number of carbonyl (C=O) groups excluding carboxylic acids is 2. The van der Waals surface area contributed by atoms with Gasteiger partial charge in [-0.1, -0.05) is 26.0 Å². The fourth-order valence-electron chi connectivity index (χ4n) is 7.09. The van der Waals surface area contributed by atoms with Crippen LogP contribution in [0.2, 0.25) is 0 Å². The summed E-state index contributed by atoms with van der Waals surface area (Å²) < 4.78 is 0. The molecule has 3 saturated carbocycles. The maximum Gasteiger partial charge on any atom is 0.133 e. The van der Waals surface area contributed by atoms with Crippen LogP contribution in [0.25, 0.3) is 0 Å². The molecule has 0 unspecified atom stereocenters. The van der Waals surface area contributed by atoms with Crippen molar-refractivity contribution in [2.75, 3.05) is 0 Å². The third-order valence-electron chi connectivity index (χ3n) is 8.47. The zero-order valence-electron chi connectivity index (χ0n) is 14.8. The van der Waals surface area contributed by atoms with Crippen LogP contribution in [0.5, 0.6) is 0 Å². The monoisotopic (exact) mass is 314 g/mol. The first kappa shape index (κ1) is 15.6. The summed E-state index contributed by atoms with van der Waals surface area (Å²) in [7, 11) is 0. The maximum atomic E-state index is 12.1. The van der Waals surface area contributed by atoms with Crippen LogP contribution < -0.4 is 0 Å². The molecule has 126 valence electrons. The molecule has 0 bridgehead atoms. The Labute approximate surface area is 140 Å². The van der Waals surface area contributed by atoms with Crippen molar-refractivity contribution in [2.45, 2.75) is 65.7 Å². The van der Waals surface area contributed by atoms with E-state index < -0.39 is 0 Å². The molecule has 7 atom stereocenters. The highest BCUT2D eigenvalue weighted by Crippen LogP contribution is 2.65. The summed E-state index contributed by atoms with van der Waals surface area (Å²) >= 11 is 0. The molecule has 2 heteroatoms. The van der Waals surface area contributed by atoms with Crippen LogP contribution in [0.1, 0.15) is 65.7 Å². The lowest BCUT2D eigenvalue weighted by Gasteiger charge is -2.57. The van der Waals surface area contributed by atoms with Gasteiger partial charge >= 0.3 is 0 Å². The van der Waals surface area contributed by atoms with Gasteiger partial charge in [-0.2, -0.15) is 0 Å². The van der Waals surface area contributed by atoms with E-state index in [9.17, 15) is 9.59 Å². The number of hydrogen-bond donors (Lipinski definition) is 0. The SMILES string of the molecule is CC(=O)[C@H]1CC[C@H]2[C@@H]3C=C[C@H]4CC(=O)CC[C@]4(C)[C@H]3CC[C@]12C. The second-order valence-corrected chi connectivity index (χ2v) is 9.32. The molecule has 4 rings (SSSR count). The molecule has 0 heterocycles. The van der Waals surface area contributed by atoms with E-state index in [1.165, 1.54) is 19.3 Å². The van der Waals surface area contributed by atoms with Gasteiger partial charge in [-0.05, 0) is 73.5 Å². The van der Waals surface area contributed by atoms with Crippen molar-refractivity contribution >= 4 is 11.6 Å². The first-order valence-corrected chi connectivity index (χ1v) is 9.57. The molecule has 4 aliphatic carbocycles. The lowest BCUT2D eigenvalue weighted by molar-refractivity contribution is -0.132. The summed E-state index contributed by atoms with van der Waals surface area (Å²) in [5.74, 6) is 3.61. The molecular weight excluding hydrogens is 284 g/mol. The fraction of sp³-hybridized carbons (Fsp3) is 0.810. The molecule has 2 nitrogen and oxygen atoms in total. The third-order valence-corrected chi connectivity index (χ3v) is 8.47. The second-order valence-electron chi connectivity index (χ2n) is 9.32. The Hall–Kier alpha value is -0.920. The van der Waals surface area contributed by atoms with Crippen LogP contribution in [-0.2, 0) is 9.59 Å². The predicted molar refractivity (Wildman–Crippen MR) is 90.8 cm³/mol. The van der Waals surface area contributed by atoms with Crippen molar-refractivity contribution in [1.82, 2.24) is 0 Å². The van der Waals surface area contributed by atoms with Crippen molar-refractivity contribution in [3.63, 3.8) is 0 Å². The van der Waals surface area contributed by atoms with Crippen LogP contribution in [0.4, 0.5) is 0 Å². The summed E-state index contributed by atoms with van der Waals surface area (Å²) in [5.41, 5.74) is 0.522. The average molecular weight is 314 g/mol. The maximum absolute atomic E-state index is 12.1. The summed E-state index contributed by atoms with van der Waals surface area (Å²) in [6.07, 6.45) is 12.2. The van der Waals surface area contributed by atoms with Gasteiger partial charge in [0.1, 0.15) is 11.6 Å². The first-order valence-electron chi connectivity index (χ1n) is 9.57. The van der Waals surface area contributed by atoms with Crippen LogP contribution in [0, 0.1) is 40.4 Å². The fourth-order valence-corrected chi connectivity index (χ4v) is 7.09. The van der Waals surface area contributed by atoms with E-state index in [-0.39, 0.29) is 11.3 Å². The zero-order chi connectivity index (χ0) is 16.4. The van der Waals surface area contributed by atoms with Gasteiger partial charge < -0.3 is 0 Å². The lowest BCUT2D eigenvalue weighted by Crippen LogP contribution is -2.52. The number of ketones is 2. The number of rotatable bonds is 1. The van der Waals surface area contributed by atoms with Crippen LogP contribution >= 0.6 is 0 Å². The van der Waals surface area contributed by atoms with Gasteiger partial charge in [-0.25, -0.2) is 0 Å². The molecule has 0 aromatic rings. The summed E-state index contributed by atoms with van der Waals surface area (Å²) in [5, 5.41) is 0. The molecule has 0 N–H and O–H groups in total. The van der Waals surface area contributed by atoms with Gasteiger partial charge in [-0.3, -0.25) is 9.59 Å². The van der Waals surface area contributed by atoms with E-state index in [0.29, 0.717) is 34.7 Å². The Morgan fingerprint density at radius 3 is 2.52 bits per heavy atom. The number of Topliss-reactive ketones (excluding diaryl/α,β-unsaturated/α-hetero) is 2. The van der Waals surface area contributed by atoms with Crippen molar-refractivity contribution in [2.24, 2.45) is 40.4 Å². The molecule has 0 amide bonds. The normalized spacial score (nSPS) is 51.8. The van der Waals surface area contributed by atoms with Gasteiger partial charge in [0, 0.05) is 18.8 Å². The largest absolute Gasteiger partial charge is 0.300 e. The number of allylic oxidation sites excluding steroid dienone is 2. The van der Waals surface area contributed by atoms with E-state index >= 15 is 0 Å². The minimum atomic E-state index is 0.213. The zero-order valence-corrected chi connectivity index (χ0v) is 14.8. The molecular formula is C21H30O2. The van der Waals surface area contributed by atoms with E-state index in [2.05, 4.69) is 26.0 Å². The number of fused-ring (bicyclic) bond motifs is 5. The minimum Gasteiger partial charge on any atom is -0.300 e. The standard InChI is InChI=1S/C21H30O2/c1-13(22)17-6-7-18-16-5-4-14-12-15(23)8-10-20(14,2)19(16)9-11-21(17,18)3/h4-5,14,16-19H,6-12H2,1-3H3/t14-,16-,17+,18-,19-,20-,21+/m0/s1. The predicted octanol–water partition coefficient (Wildman–Crippen LogP) is 4.58. The van der Waals surface area contributed by atoms with Gasteiger partial charge in [0.15, 0.2) is 0 Å². The topological polar surface area (TPSA) is 34.1 Å². The molecule has 0 aliphatic heterocycles. The molecule has 0 aromatic carbocycles. The molecule has 0 saturated heterocycles. The van der Waals surface area contributed by atoms with E-state index in [1.54, 1.807) is 6.92 Å². The highest BCUT2D eigenvalue weighted by Gasteiger charge is 2.59. The van der Waals surface area contributed by atoms with Gasteiger partial charge in [0.25, 0.3) is 0 Å². The summed E-state index contributed by atoms with van der Waals surface area (Å²) in [4.78, 5) is 24.0. The van der Waals surface area contributed by atoms with Crippen LogP contribution in [0.3, 0.4) is 0 Å². The van der Waals surface area contributed by atoms with E-state index in [4.69, 9.17) is 0 Å². The Bertz CT molecular complexity index is 576. The molecule has 23 heavy (non-hydrogen) atoms. The Balaban J connectivity index is 1.68. The smallest absolute Gasteiger partial charge is 0.133 e.